The van der Waals surface area contributed by atoms with Gasteiger partial charge in [0, 0.05) is 27.1 Å². The molecular weight excluding hydrogens is 558 g/mol. The molecular formula is C24H18ClN3O8S2. The maximum Gasteiger partial charge on any atom is 0.323 e. The van der Waals surface area contributed by atoms with Crippen molar-refractivity contribution in [2.24, 2.45) is 5.92 Å². The van der Waals surface area contributed by atoms with Gasteiger partial charge in [-0.3, -0.25) is 28.9 Å². The number of phenolic OH excluding ortho intramolecular Hbond substituents is 1. The number of carbonyl (C=O) groups excluding carboxylic acids is 3. The molecule has 2 aliphatic rings. The summed E-state index contributed by atoms with van der Waals surface area (Å²) in [6.07, 6.45) is 0. The zero-order valence-corrected chi connectivity index (χ0v) is 21.6. The van der Waals surface area contributed by atoms with Crippen LogP contribution in [0.25, 0.3) is 0 Å². The van der Waals surface area contributed by atoms with Crippen LogP contribution in [0.5, 0.6) is 11.5 Å². The van der Waals surface area contributed by atoms with E-state index < -0.39 is 53.9 Å². The average molecular weight is 576 g/mol. The van der Waals surface area contributed by atoms with E-state index in [4.69, 9.17) is 16.3 Å². The van der Waals surface area contributed by atoms with Gasteiger partial charge in [-0.1, -0.05) is 34.7 Å². The highest BCUT2D eigenvalue weighted by molar-refractivity contribution is 8.00. The molecule has 5 rings (SSSR count). The van der Waals surface area contributed by atoms with Gasteiger partial charge in [-0.2, -0.15) is 0 Å². The van der Waals surface area contributed by atoms with Gasteiger partial charge in [-0.05, 0) is 42.5 Å². The van der Waals surface area contributed by atoms with Crippen LogP contribution in [-0.2, 0) is 19.2 Å². The number of aromatic nitrogens is 1. The quantitative estimate of drug-likeness (QED) is 0.244. The molecule has 3 atom stereocenters. The first kappa shape index (κ1) is 25.8. The smallest absolute Gasteiger partial charge is 0.323 e. The Bertz CT molecular complexity index is 1520. The number of carboxylic acid groups (broad SMARTS) is 1. The normalized spacial score (nSPS) is 20.1. The van der Waals surface area contributed by atoms with Crippen molar-refractivity contribution in [1.82, 2.24) is 9.88 Å². The Labute approximate surface area is 227 Å². The zero-order valence-electron chi connectivity index (χ0n) is 19.2. The highest BCUT2D eigenvalue weighted by Crippen LogP contribution is 2.54. The number of hydrogen-bond acceptors (Lipinski definition) is 9. The number of carboxylic acids is 1. The molecule has 0 aliphatic carbocycles. The number of nitrogens with one attached hydrogen (secondary N) is 2. The molecule has 0 radical (unpaired) electrons. The second-order valence-electron chi connectivity index (χ2n) is 8.47. The van der Waals surface area contributed by atoms with Gasteiger partial charge in [0.2, 0.25) is 11.8 Å². The number of ether oxygens (including phenoxy) is 1. The van der Waals surface area contributed by atoms with E-state index in [1.54, 1.807) is 0 Å². The van der Waals surface area contributed by atoms with Crippen molar-refractivity contribution in [3.63, 3.8) is 0 Å². The Hall–Kier alpha value is -3.81. The number of aromatic amines is 1. The van der Waals surface area contributed by atoms with Crippen molar-refractivity contribution in [2.75, 3.05) is 18.5 Å². The van der Waals surface area contributed by atoms with E-state index in [0.717, 1.165) is 23.1 Å². The number of halogens is 1. The fourth-order valence-corrected chi connectivity index (χ4v) is 7.19. The van der Waals surface area contributed by atoms with E-state index >= 15 is 0 Å². The summed E-state index contributed by atoms with van der Waals surface area (Å²) in [6.45, 7) is -1.20. The molecule has 11 nitrogen and oxygen atoms in total. The number of thioether (sulfide) groups is 1. The van der Waals surface area contributed by atoms with Crippen molar-refractivity contribution in [3.8, 4) is 11.5 Å². The second kappa shape index (κ2) is 10.2. The van der Waals surface area contributed by atoms with E-state index in [2.05, 4.69) is 10.3 Å². The zero-order chi connectivity index (χ0) is 27.1. The van der Waals surface area contributed by atoms with Gasteiger partial charge in [0.15, 0.2) is 6.61 Å². The number of imide groups is 1. The summed E-state index contributed by atoms with van der Waals surface area (Å²) in [6, 6.07) is 10.5. The molecule has 2 aliphatic heterocycles. The standard InChI is InChI=1S/C24H18ClN3O8S2/c25-10-1-6-14(36-9-15(30)26-11-2-4-12(29)5-3-11)13(7-10)17-18-20(37-21-19(17)38-24(35)27-21)23(34)28(22(18)33)8-16(31)32/h1-7,17-18,20,29H,8-9H2,(H,26,30)(H,27,35)(H,31,32)/t17-,18+,20-/m0/s1. The summed E-state index contributed by atoms with van der Waals surface area (Å²) in [5.74, 6) is -4.80. The van der Waals surface area contributed by atoms with Crippen LogP contribution in [0.1, 0.15) is 16.4 Å². The molecule has 3 heterocycles. The second-order valence-corrected chi connectivity index (χ2v) is 11.1. The average Bonchev–Trinajstić information content (AvgIpc) is 3.35. The molecule has 1 aromatic heterocycles. The van der Waals surface area contributed by atoms with Crippen LogP contribution >= 0.6 is 34.7 Å². The van der Waals surface area contributed by atoms with Crippen molar-refractivity contribution in [2.45, 2.75) is 16.2 Å². The number of hydrogen-bond donors (Lipinski definition) is 4. The first-order chi connectivity index (χ1) is 18.1. The summed E-state index contributed by atoms with van der Waals surface area (Å²) >= 11 is 8.18. The minimum atomic E-state index is -1.33. The van der Waals surface area contributed by atoms with Crippen LogP contribution in [-0.4, -0.2) is 62.2 Å². The lowest BCUT2D eigenvalue weighted by Gasteiger charge is -2.31. The monoisotopic (exact) mass is 575 g/mol. The third-order valence-electron chi connectivity index (χ3n) is 6.03. The summed E-state index contributed by atoms with van der Waals surface area (Å²) < 4.78 is 5.81. The Balaban J connectivity index is 1.49. The van der Waals surface area contributed by atoms with Crippen molar-refractivity contribution >= 4 is 64.1 Å². The largest absolute Gasteiger partial charge is 0.508 e. The first-order valence-corrected chi connectivity index (χ1v) is 13.2. The van der Waals surface area contributed by atoms with Gasteiger partial charge in [0.1, 0.15) is 23.3 Å². The lowest BCUT2D eigenvalue weighted by atomic mass is 9.82. The fourth-order valence-electron chi connectivity index (χ4n) is 4.48. The lowest BCUT2D eigenvalue weighted by Crippen LogP contribution is -2.36. The van der Waals surface area contributed by atoms with Crippen LogP contribution in [0.2, 0.25) is 5.02 Å². The molecule has 1 saturated heterocycles. The van der Waals surface area contributed by atoms with Crippen LogP contribution in [0.3, 0.4) is 0 Å². The molecule has 2 aromatic carbocycles. The number of anilines is 1. The number of phenols is 1. The third-order valence-corrected chi connectivity index (χ3v) is 8.66. The SMILES string of the molecule is O=C(O)CN1C(=O)[C@@H]2[C@H](c3cc(Cl)ccc3OCC(=O)Nc3ccc(O)cc3)c3sc(=O)[nH]c3S[C@@H]2C1=O. The van der Waals surface area contributed by atoms with Crippen molar-refractivity contribution in [1.29, 1.82) is 0 Å². The number of H-pyrrole nitrogens is 1. The van der Waals surface area contributed by atoms with Gasteiger partial charge in [0.05, 0.1) is 10.9 Å². The van der Waals surface area contributed by atoms with Crippen LogP contribution in [0.4, 0.5) is 5.69 Å². The molecule has 3 aromatic rings. The van der Waals surface area contributed by atoms with E-state index in [1.165, 1.54) is 42.5 Å². The molecule has 14 heteroatoms. The molecule has 38 heavy (non-hydrogen) atoms. The maximum atomic E-state index is 13.4. The van der Waals surface area contributed by atoms with Gasteiger partial charge >= 0.3 is 10.8 Å². The van der Waals surface area contributed by atoms with E-state index in [9.17, 15) is 34.2 Å². The summed E-state index contributed by atoms with van der Waals surface area (Å²) in [7, 11) is 0. The number of aromatic hydroxyl groups is 1. The Morgan fingerprint density at radius 1 is 1.11 bits per heavy atom. The van der Waals surface area contributed by atoms with Gasteiger partial charge < -0.3 is 25.3 Å². The topological polar surface area (TPSA) is 166 Å². The number of rotatable bonds is 7. The van der Waals surface area contributed by atoms with Crippen molar-refractivity contribution in [3.05, 3.63) is 67.6 Å². The lowest BCUT2D eigenvalue weighted by molar-refractivity contribution is -0.149. The Kier molecular flexibility index (Phi) is 6.90. The number of benzene rings is 2. The molecule has 196 valence electrons. The number of fused-ring (bicyclic) bond motifs is 2. The summed E-state index contributed by atoms with van der Waals surface area (Å²) in [5, 5.41) is 21.0. The number of thiazole rings is 1. The number of carbonyl (C=O) groups is 4. The van der Waals surface area contributed by atoms with Crippen LogP contribution < -0.4 is 14.9 Å². The molecule has 0 unspecified atom stereocenters. The minimum absolute atomic E-state index is 0.0438. The number of likely N-dealkylation sites (tertiary alicyclic amines) is 1. The number of nitrogens with zero attached hydrogens (tertiary/aromatic N) is 1. The molecule has 3 amide bonds. The summed E-state index contributed by atoms with van der Waals surface area (Å²) in [5.41, 5.74) is 0.815. The van der Waals surface area contributed by atoms with Gasteiger partial charge in [0.25, 0.3) is 5.91 Å². The predicted molar refractivity (Wildman–Crippen MR) is 138 cm³/mol. The van der Waals surface area contributed by atoms with E-state index in [1.807, 2.05) is 0 Å². The molecule has 0 saturated carbocycles. The van der Waals surface area contributed by atoms with Crippen LogP contribution in [0, 0.1) is 5.92 Å². The molecule has 1 fully saturated rings. The highest BCUT2D eigenvalue weighted by atomic mass is 35.5. The summed E-state index contributed by atoms with van der Waals surface area (Å²) in [4.78, 5) is 66.0. The maximum absolute atomic E-state index is 13.4. The van der Waals surface area contributed by atoms with Gasteiger partial charge in [-0.15, -0.1) is 0 Å². The Morgan fingerprint density at radius 3 is 2.55 bits per heavy atom. The Morgan fingerprint density at radius 2 is 1.84 bits per heavy atom. The minimum Gasteiger partial charge on any atom is -0.508 e. The third kappa shape index (κ3) is 4.87. The molecule has 0 bridgehead atoms. The van der Waals surface area contributed by atoms with Gasteiger partial charge in [-0.25, -0.2) is 0 Å². The van der Waals surface area contributed by atoms with E-state index in [0.29, 0.717) is 31.1 Å². The fraction of sp³-hybridized carbons (Fsp3) is 0.208. The highest BCUT2D eigenvalue weighted by Gasteiger charge is 2.56. The first-order valence-electron chi connectivity index (χ1n) is 11.1. The number of amides is 3. The van der Waals surface area contributed by atoms with Crippen LogP contribution in [0.15, 0.2) is 52.3 Å². The molecule has 4 N–H and O–H groups in total. The predicted octanol–water partition coefficient (Wildman–Crippen LogP) is 2.49. The molecule has 0 spiro atoms. The number of aliphatic carboxylic acids is 1. The van der Waals surface area contributed by atoms with Crippen molar-refractivity contribution < 1.29 is 34.1 Å². The van der Waals surface area contributed by atoms with E-state index in [-0.39, 0.29) is 16.4 Å².